The fraction of sp³-hybridized carbons (Fsp3) is 0. The number of pyridine rings is 2. The van der Waals surface area contributed by atoms with Crippen molar-refractivity contribution in [1.29, 1.82) is 0 Å². The number of nitrogens with zero attached hydrogens (tertiary/aromatic N) is 2. The van der Waals surface area contributed by atoms with E-state index < -0.39 is 23.8 Å². The van der Waals surface area contributed by atoms with E-state index in [2.05, 4.69) is 9.97 Å². The SMILES string of the molecule is O=C(O)c1ccncc1.O=C(O)c1ccncc1.[Cl][Pt]([Cl])([Cl])[Cl]. The fourth-order valence-corrected chi connectivity index (χ4v) is 0.989. The normalized spacial score (nSPS) is 10.3. The van der Waals surface area contributed by atoms with E-state index in [-0.39, 0.29) is 11.1 Å². The Morgan fingerprint density at radius 2 is 0.957 bits per heavy atom. The van der Waals surface area contributed by atoms with Crippen LogP contribution in [0.25, 0.3) is 0 Å². The maximum absolute atomic E-state index is 10.2. The zero-order valence-corrected chi connectivity index (χ0v) is 16.3. The van der Waals surface area contributed by atoms with E-state index in [9.17, 15) is 9.59 Å². The van der Waals surface area contributed by atoms with Crippen LogP contribution in [0.4, 0.5) is 0 Å². The molecule has 0 bridgehead atoms. The number of carboxylic acids is 2. The third-order valence-electron chi connectivity index (χ3n) is 1.85. The van der Waals surface area contributed by atoms with Crippen LogP contribution in [0.3, 0.4) is 0 Å². The van der Waals surface area contributed by atoms with Crippen molar-refractivity contribution in [2.75, 3.05) is 0 Å². The monoisotopic (exact) mass is 581 g/mol. The molecule has 130 valence electrons. The average molecular weight is 583 g/mol. The van der Waals surface area contributed by atoms with Crippen molar-refractivity contribution < 1.29 is 31.7 Å². The van der Waals surface area contributed by atoms with Crippen molar-refractivity contribution in [3.8, 4) is 0 Å². The van der Waals surface area contributed by atoms with E-state index in [1.807, 2.05) is 0 Å². The molecule has 0 unspecified atom stereocenters. The van der Waals surface area contributed by atoms with Gasteiger partial charge in [-0.15, -0.1) is 0 Å². The molecule has 2 heterocycles. The molecule has 0 fully saturated rings. The van der Waals surface area contributed by atoms with Crippen molar-refractivity contribution >= 4 is 49.6 Å². The summed E-state index contributed by atoms with van der Waals surface area (Å²) in [7, 11) is 20.0. The van der Waals surface area contributed by atoms with Crippen LogP contribution in [-0.4, -0.2) is 32.1 Å². The van der Waals surface area contributed by atoms with Crippen LogP contribution in [0, 0.1) is 0 Å². The summed E-state index contributed by atoms with van der Waals surface area (Å²) in [5.74, 6) is -1.84. The number of hydrogen-bond acceptors (Lipinski definition) is 4. The Balaban J connectivity index is 0.000000332. The third kappa shape index (κ3) is 14.4. The van der Waals surface area contributed by atoms with E-state index in [4.69, 9.17) is 47.9 Å². The molecule has 0 spiro atoms. The van der Waals surface area contributed by atoms with Gasteiger partial charge >= 0.3 is 61.5 Å². The molecule has 0 atom stereocenters. The molecule has 6 nitrogen and oxygen atoms in total. The van der Waals surface area contributed by atoms with E-state index >= 15 is 0 Å². The number of aromatic carboxylic acids is 2. The predicted molar refractivity (Wildman–Crippen MR) is 85.8 cm³/mol. The molecule has 0 amide bonds. The number of carbonyl (C=O) groups is 2. The topological polar surface area (TPSA) is 100 Å². The van der Waals surface area contributed by atoms with Gasteiger partial charge in [0.25, 0.3) is 0 Å². The molecule has 0 saturated heterocycles. The Kier molecular flexibility index (Phi) is 11.1. The second-order valence-corrected chi connectivity index (χ2v) is 23.1. The first-order valence-electron chi connectivity index (χ1n) is 5.35. The standard InChI is InChI=1S/2C6H5NO2.4ClH.Pt/c2*8-6(9)5-1-3-7-4-2-5;;;;;/h2*1-4H,(H,8,9);4*1H;/q;;;;;;+4/p-4. The zero-order chi connectivity index (χ0) is 17.9. The van der Waals surface area contributed by atoms with Gasteiger partial charge in [0, 0.05) is 24.8 Å². The Hall–Kier alpha value is -0.912. The van der Waals surface area contributed by atoms with Gasteiger partial charge in [0.05, 0.1) is 11.1 Å². The summed E-state index contributed by atoms with van der Waals surface area (Å²) in [4.78, 5) is 27.7. The molecule has 0 aliphatic carbocycles. The van der Waals surface area contributed by atoms with Gasteiger partial charge in [-0.1, -0.05) is 0 Å². The van der Waals surface area contributed by atoms with Crippen LogP contribution in [0.5, 0.6) is 0 Å². The van der Waals surface area contributed by atoms with E-state index in [1.165, 1.54) is 49.1 Å². The van der Waals surface area contributed by atoms with Gasteiger partial charge in [-0.25, -0.2) is 9.59 Å². The predicted octanol–water partition coefficient (Wildman–Crippen LogP) is 4.32. The first kappa shape index (κ1) is 22.1. The molecule has 23 heavy (non-hydrogen) atoms. The summed E-state index contributed by atoms with van der Waals surface area (Å²) in [6.45, 7) is 0. The molecule has 11 heteroatoms. The van der Waals surface area contributed by atoms with Gasteiger partial charge < -0.3 is 10.2 Å². The van der Waals surface area contributed by atoms with E-state index in [0.717, 1.165) is 0 Å². The van der Waals surface area contributed by atoms with Crippen molar-refractivity contribution in [3.63, 3.8) is 0 Å². The molecule has 2 N–H and O–H groups in total. The maximum atomic E-state index is 10.2. The fourth-order valence-electron chi connectivity index (χ4n) is 0.989. The minimum absolute atomic E-state index is 0.269. The summed E-state index contributed by atoms with van der Waals surface area (Å²) in [6.07, 6.45) is 5.79. The first-order chi connectivity index (χ1) is 10.6. The second-order valence-electron chi connectivity index (χ2n) is 3.35. The molecule has 2 rings (SSSR count). The summed E-state index contributed by atoms with van der Waals surface area (Å²) in [5.41, 5.74) is 0.537. The average Bonchev–Trinajstić information content (AvgIpc) is 2.48. The van der Waals surface area contributed by atoms with Gasteiger partial charge in [-0.2, -0.15) is 0 Å². The van der Waals surface area contributed by atoms with Gasteiger partial charge in [-0.05, 0) is 24.3 Å². The molecule has 0 aliphatic heterocycles. The first-order valence-corrected chi connectivity index (χ1v) is 16.6. The molecule has 0 radical (unpaired) electrons. The van der Waals surface area contributed by atoms with Gasteiger partial charge in [0.15, 0.2) is 0 Å². The van der Waals surface area contributed by atoms with E-state index in [1.54, 1.807) is 0 Å². The number of aromatic nitrogens is 2. The van der Waals surface area contributed by atoms with Crippen LogP contribution in [0.15, 0.2) is 49.1 Å². The molecule has 2 aromatic rings. The summed E-state index contributed by atoms with van der Waals surface area (Å²) >= 11 is -3.06. The second kappa shape index (κ2) is 11.6. The van der Waals surface area contributed by atoms with Crippen molar-refractivity contribution in [3.05, 3.63) is 60.2 Å². The Morgan fingerprint density at radius 3 is 1.09 bits per heavy atom. The number of carboxylic acid groups (broad SMARTS) is 2. The summed E-state index contributed by atoms with van der Waals surface area (Å²) in [5, 5.41) is 16.7. The molecule has 2 aromatic heterocycles. The number of rotatable bonds is 2. The van der Waals surface area contributed by atoms with Crippen molar-refractivity contribution in [2.24, 2.45) is 0 Å². The number of hydrogen-bond donors (Lipinski definition) is 2. The number of halogens is 4. The molecular formula is C12H10Cl4N2O4Pt. The Morgan fingerprint density at radius 1 is 0.739 bits per heavy atom. The van der Waals surface area contributed by atoms with Crippen LogP contribution in [-0.2, 0) is 11.9 Å². The molecular weight excluding hydrogens is 573 g/mol. The minimum atomic E-state index is -3.06. The molecule has 0 saturated carbocycles. The van der Waals surface area contributed by atoms with Gasteiger partial charge in [0.1, 0.15) is 0 Å². The molecule has 0 aromatic carbocycles. The van der Waals surface area contributed by atoms with Crippen LogP contribution < -0.4 is 0 Å². The summed E-state index contributed by atoms with van der Waals surface area (Å²) < 4.78 is 0. The zero-order valence-electron chi connectivity index (χ0n) is 11.1. The van der Waals surface area contributed by atoms with Crippen LogP contribution in [0.1, 0.15) is 20.7 Å². The van der Waals surface area contributed by atoms with Crippen LogP contribution >= 0.6 is 37.7 Å². The van der Waals surface area contributed by atoms with Crippen molar-refractivity contribution in [2.45, 2.75) is 0 Å². The third-order valence-corrected chi connectivity index (χ3v) is 1.85. The van der Waals surface area contributed by atoms with E-state index in [0.29, 0.717) is 0 Å². The quantitative estimate of drug-likeness (QED) is 0.547. The van der Waals surface area contributed by atoms with Gasteiger partial charge in [-0.3, -0.25) is 9.97 Å². The van der Waals surface area contributed by atoms with Crippen LogP contribution in [0.2, 0.25) is 0 Å². The van der Waals surface area contributed by atoms with Crippen molar-refractivity contribution in [1.82, 2.24) is 9.97 Å². The Bertz CT molecular complexity index is 556. The summed E-state index contributed by atoms with van der Waals surface area (Å²) in [6, 6.07) is 5.79. The van der Waals surface area contributed by atoms with Gasteiger partial charge in [0.2, 0.25) is 0 Å². The Labute approximate surface area is 150 Å². The molecule has 0 aliphatic rings.